The molecule has 0 aromatic heterocycles. The molecular formula is C34H64O4. The average molecular weight is 537 g/mol. The van der Waals surface area contributed by atoms with E-state index in [9.17, 15) is 9.59 Å². The molecule has 0 aromatic carbocycles. The number of rotatable bonds is 28. The maximum Gasteiger partial charge on any atom is 0.310 e. The molecule has 0 heterocycles. The number of carbonyl (C=O) groups is 2. The molecule has 0 aliphatic carbocycles. The highest BCUT2D eigenvalue weighted by Crippen LogP contribution is 2.14. The maximum absolute atomic E-state index is 11.1. The van der Waals surface area contributed by atoms with Crippen LogP contribution in [0.4, 0.5) is 0 Å². The van der Waals surface area contributed by atoms with Gasteiger partial charge < -0.3 is 9.47 Å². The van der Waals surface area contributed by atoms with Gasteiger partial charge in [0.2, 0.25) is 0 Å². The van der Waals surface area contributed by atoms with Crippen molar-refractivity contribution in [2.75, 3.05) is 0 Å². The molecule has 0 aliphatic heterocycles. The van der Waals surface area contributed by atoms with Gasteiger partial charge in [-0.1, -0.05) is 168 Å². The standard InChI is InChI=1S/C18H34O2.C16H30O2/c1-3-5-6-7-8-9-10-11-12-13-14-15-16-17-18(19)20-4-2;1-3-5-6-7-8-9-10-11-12-13-14-15-16(17)18-4-2/h4H,2-3,5-17H2,1H3;4H,2-3,5-15H2,1H3. The van der Waals surface area contributed by atoms with Crippen molar-refractivity contribution >= 4 is 11.9 Å². The fraction of sp³-hybridized carbons (Fsp3) is 0.824. The zero-order chi connectivity index (χ0) is 28.4. The highest BCUT2D eigenvalue weighted by molar-refractivity contribution is 5.70. The summed E-state index contributed by atoms with van der Waals surface area (Å²) in [6.07, 6.45) is 35.0. The van der Waals surface area contributed by atoms with Gasteiger partial charge in [0.1, 0.15) is 0 Å². The molecular weight excluding hydrogens is 472 g/mol. The number of hydrogen-bond donors (Lipinski definition) is 0. The number of ether oxygens (including phenoxy) is 2. The van der Waals surface area contributed by atoms with Crippen molar-refractivity contribution < 1.29 is 19.1 Å². The lowest BCUT2D eigenvalue weighted by atomic mass is 10.0. The van der Waals surface area contributed by atoms with Crippen LogP contribution in [0.5, 0.6) is 0 Å². The van der Waals surface area contributed by atoms with Crippen LogP contribution in [0.3, 0.4) is 0 Å². The first-order valence-corrected chi connectivity index (χ1v) is 16.2. The Morgan fingerprint density at radius 2 is 0.632 bits per heavy atom. The smallest absolute Gasteiger partial charge is 0.310 e. The Hall–Kier alpha value is -1.58. The summed E-state index contributed by atoms with van der Waals surface area (Å²) in [7, 11) is 0. The van der Waals surface area contributed by atoms with E-state index in [1.165, 1.54) is 141 Å². The van der Waals surface area contributed by atoms with Crippen molar-refractivity contribution in [1.29, 1.82) is 0 Å². The minimum atomic E-state index is -0.152. The van der Waals surface area contributed by atoms with E-state index >= 15 is 0 Å². The van der Waals surface area contributed by atoms with Crippen LogP contribution < -0.4 is 0 Å². The van der Waals surface area contributed by atoms with E-state index in [0.717, 1.165) is 25.7 Å². The predicted molar refractivity (Wildman–Crippen MR) is 164 cm³/mol. The van der Waals surface area contributed by atoms with E-state index in [0.29, 0.717) is 12.8 Å². The van der Waals surface area contributed by atoms with E-state index in [1.54, 1.807) is 0 Å². The van der Waals surface area contributed by atoms with Gasteiger partial charge in [-0.25, -0.2) is 0 Å². The van der Waals surface area contributed by atoms with Crippen molar-refractivity contribution in [3.8, 4) is 0 Å². The molecule has 0 aromatic rings. The summed E-state index contributed by atoms with van der Waals surface area (Å²) in [4.78, 5) is 22.1. The Morgan fingerprint density at radius 3 is 0.842 bits per heavy atom. The molecule has 0 spiro atoms. The number of esters is 2. The molecule has 0 fully saturated rings. The third-order valence-corrected chi connectivity index (χ3v) is 6.90. The summed E-state index contributed by atoms with van der Waals surface area (Å²) in [6, 6.07) is 0. The largest absolute Gasteiger partial charge is 0.435 e. The summed E-state index contributed by atoms with van der Waals surface area (Å²) in [5.41, 5.74) is 0. The molecule has 0 unspecified atom stereocenters. The first-order valence-electron chi connectivity index (χ1n) is 16.2. The van der Waals surface area contributed by atoms with Gasteiger partial charge in [-0.2, -0.15) is 0 Å². The van der Waals surface area contributed by atoms with Crippen molar-refractivity contribution in [2.45, 2.75) is 181 Å². The lowest BCUT2D eigenvalue weighted by Gasteiger charge is -2.03. The van der Waals surface area contributed by atoms with Crippen LogP contribution in [-0.2, 0) is 19.1 Å². The van der Waals surface area contributed by atoms with E-state index < -0.39 is 0 Å². The summed E-state index contributed by atoms with van der Waals surface area (Å²) in [5, 5.41) is 0. The summed E-state index contributed by atoms with van der Waals surface area (Å²) >= 11 is 0. The SMILES string of the molecule is C=COC(=O)CCCCCCCCCCCCC.C=COC(=O)CCCCCCCCCCCCCCC. The van der Waals surface area contributed by atoms with Gasteiger partial charge >= 0.3 is 11.9 Å². The molecule has 0 saturated heterocycles. The summed E-state index contributed by atoms with van der Waals surface area (Å²) < 4.78 is 9.33. The first-order chi connectivity index (χ1) is 18.6. The van der Waals surface area contributed by atoms with E-state index in [2.05, 4.69) is 36.5 Å². The lowest BCUT2D eigenvalue weighted by molar-refractivity contribution is -0.139. The van der Waals surface area contributed by atoms with E-state index in [1.807, 2.05) is 0 Å². The third kappa shape index (κ3) is 36.6. The van der Waals surface area contributed by atoms with Gasteiger partial charge in [0, 0.05) is 12.8 Å². The fourth-order valence-corrected chi connectivity index (χ4v) is 4.52. The molecule has 0 saturated carbocycles. The minimum absolute atomic E-state index is 0.150. The molecule has 0 bridgehead atoms. The predicted octanol–water partition coefficient (Wildman–Crippen LogP) is 11.5. The molecule has 4 nitrogen and oxygen atoms in total. The molecule has 0 radical (unpaired) electrons. The fourth-order valence-electron chi connectivity index (χ4n) is 4.52. The van der Waals surface area contributed by atoms with Crippen molar-refractivity contribution in [1.82, 2.24) is 0 Å². The van der Waals surface area contributed by atoms with E-state index in [-0.39, 0.29) is 11.9 Å². The zero-order valence-electron chi connectivity index (χ0n) is 25.6. The zero-order valence-corrected chi connectivity index (χ0v) is 25.6. The second-order valence-corrected chi connectivity index (χ2v) is 10.6. The first kappa shape index (κ1) is 38.6. The quantitative estimate of drug-likeness (QED) is 0.0566. The summed E-state index contributed by atoms with van der Waals surface area (Å²) in [6.45, 7) is 11.3. The Balaban J connectivity index is 0. The van der Waals surface area contributed by atoms with Crippen molar-refractivity contribution in [3.05, 3.63) is 25.7 Å². The van der Waals surface area contributed by atoms with E-state index in [4.69, 9.17) is 0 Å². The molecule has 0 atom stereocenters. The van der Waals surface area contributed by atoms with Crippen LogP contribution in [0.1, 0.15) is 181 Å². The van der Waals surface area contributed by atoms with Gasteiger partial charge in [-0.15, -0.1) is 0 Å². The van der Waals surface area contributed by atoms with Gasteiger partial charge in [-0.3, -0.25) is 9.59 Å². The Labute approximate surface area is 237 Å². The Bertz CT molecular complexity index is 515. The van der Waals surface area contributed by atoms with Gasteiger partial charge in [0.05, 0.1) is 12.5 Å². The topological polar surface area (TPSA) is 52.6 Å². The molecule has 4 heteroatoms. The molecule has 0 rings (SSSR count). The maximum atomic E-state index is 11.1. The number of carbonyl (C=O) groups excluding carboxylic acids is 2. The van der Waals surface area contributed by atoms with Crippen LogP contribution in [0.25, 0.3) is 0 Å². The van der Waals surface area contributed by atoms with Crippen molar-refractivity contribution in [3.63, 3.8) is 0 Å². The minimum Gasteiger partial charge on any atom is -0.435 e. The van der Waals surface area contributed by atoms with Gasteiger partial charge in [0.25, 0.3) is 0 Å². The summed E-state index contributed by atoms with van der Waals surface area (Å²) in [5.74, 6) is -0.302. The molecule has 0 aliphatic rings. The van der Waals surface area contributed by atoms with Crippen molar-refractivity contribution in [2.24, 2.45) is 0 Å². The monoisotopic (exact) mass is 536 g/mol. The van der Waals surface area contributed by atoms with Gasteiger partial charge in [-0.05, 0) is 12.8 Å². The van der Waals surface area contributed by atoms with Crippen LogP contribution >= 0.6 is 0 Å². The molecule has 38 heavy (non-hydrogen) atoms. The Kier molecular flexibility index (Phi) is 35.9. The lowest BCUT2D eigenvalue weighted by Crippen LogP contribution is -1.98. The average Bonchev–Trinajstić information content (AvgIpc) is 2.90. The highest BCUT2D eigenvalue weighted by Gasteiger charge is 2.01. The number of unbranched alkanes of at least 4 members (excludes halogenated alkanes) is 22. The highest BCUT2D eigenvalue weighted by atomic mass is 16.5. The third-order valence-electron chi connectivity index (χ3n) is 6.90. The second-order valence-electron chi connectivity index (χ2n) is 10.6. The van der Waals surface area contributed by atoms with Gasteiger partial charge in [0.15, 0.2) is 0 Å². The van der Waals surface area contributed by atoms with Crippen LogP contribution in [0.15, 0.2) is 25.7 Å². The van der Waals surface area contributed by atoms with Crippen LogP contribution in [-0.4, -0.2) is 11.9 Å². The number of hydrogen-bond acceptors (Lipinski definition) is 4. The normalized spacial score (nSPS) is 10.4. The van der Waals surface area contributed by atoms with Crippen LogP contribution in [0, 0.1) is 0 Å². The van der Waals surface area contributed by atoms with Crippen LogP contribution in [0.2, 0.25) is 0 Å². The Morgan fingerprint density at radius 1 is 0.421 bits per heavy atom. The molecule has 0 amide bonds. The second kappa shape index (κ2) is 35.4. The molecule has 224 valence electrons. The molecule has 0 N–H and O–H groups in total.